The molecule has 7 atom stereocenters. The van der Waals surface area contributed by atoms with Crippen LogP contribution in [-0.2, 0) is 11.8 Å². The average molecular weight is 522 g/mol. The highest BCUT2D eigenvalue weighted by Crippen LogP contribution is 2.60. The molecule has 1 heterocycles. The molecule has 0 aliphatic heterocycles. The first-order valence-corrected chi connectivity index (χ1v) is 14.9. The van der Waals surface area contributed by atoms with Crippen LogP contribution in [0.25, 0.3) is 0 Å². The van der Waals surface area contributed by atoms with Crippen molar-refractivity contribution in [2.45, 2.75) is 115 Å². The van der Waals surface area contributed by atoms with E-state index in [4.69, 9.17) is 9.40 Å². The lowest BCUT2D eigenvalue weighted by Gasteiger charge is -2.44. The number of hydrogen-bond donors (Lipinski definition) is 3. The third kappa shape index (κ3) is 5.14. The molecule has 208 valence electrons. The molecule has 1 aromatic rings. The van der Waals surface area contributed by atoms with Gasteiger partial charge < -0.3 is 19.7 Å². The van der Waals surface area contributed by atoms with Crippen molar-refractivity contribution in [3.8, 4) is 0 Å². The Bertz CT molecular complexity index is 1110. The van der Waals surface area contributed by atoms with E-state index >= 15 is 0 Å². The topological polar surface area (TPSA) is 86.7 Å². The monoisotopic (exact) mass is 521 g/mol. The number of aryl methyl sites for hydroxylation is 1. The van der Waals surface area contributed by atoms with Gasteiger partial charge in [-0.2, -0.15) is 0 Å². The summed E-state index contributed by atoms with van der Waals surface area (Å²) in [5.74, 6) is 2.23. The summed E-state index contributed by atoms with van der Waals surface area (Å²) in [6.07, 6.45) is 19.4. The number of fused-ring (bicyclic) bond motifs is 1. The molecular formula is C33H47NO4. The zero-order chi connectivity index (χ0) is 27.1. The summed E-state index contributed by atoms with van der Waals surface area (Å²) < 4.78 is 5.81. The lowest BCUT2D eigenvalue weighted by atomic mass is 9.61. The number of rotatable bonds is 8. The highest BCUT2D eigenvalue weighted by molar-refractivity contribution is 5.38. The van der Waals surface area contributed by atoms with Crippen molar-refractivity contribution in [1.29, 1.82) is 0 Å². The van der Waals surface area contributed by atoms with Gasteiger partial charge in [0, 0.05) is 6.42 Å². The number of hydrogen-bond acceptors (Lipinski definition) is 5. The highest BCUT2D eigenvalue weighted by atomic mass is 16.3. The molecule has 4 fully saturated rings. The van der Waals surface area contributed by atoms with Crippen LogP contribution in [0, 0.1) is 23.2 Å². The lowest BCUT2D eigenvalue weighted by Crippen LogP contribution is -2.35. The second-order valence-electron chi connectivity index (χ2n) is 12.9. The van der Waals surface area contributed by atoms with Gasteiger partial charge in [-0.25, -0.2) is 4.98 Å². The van der Waals surface area contributed by atoms with E-state index in [2.05, 4.69) is 45.6 Å². The van der Waals surface area contributed by atoms with Gasteiger partial charge in [0.2, 0.25) is 5.89 Å². The van der Waals surface area contributed by atoms with E-state index in [0.29, 0.717) is 36.5 Å². The maximum absolute atomic E-state index is 11.2. The minimum Gasteiger partial charge on any atom is -0.448 e. The van der Waals surface area contributed by atoms with Gasteiger partial charge in [0.15, 0.2) is 0 Å². The third-order valence-corrected chi connectivity index (χ3v) is 10.4. The van der Waals surface area contributed by atoms with Crippen molar-refractivity contribution in [2.24, 2.45) is 23.2 Å². The first-order chi connectivity index (χ1) is 18.2. The fourth-order valence-electron chi connectivity index (χ4n) is 7.88. The molecule has 0 saturated heterocycles. The number of aliphatic hydroxyl groups is 3. The van der Waals surface area contributed by atoms with Crippen LogP contribution in [0.2, 0.25) is 0 Å². The zero-order valence-corrected chi connectivity index (χ0v) is 23.5. The van der Waals surface area contributed by atoms with Crippen molar-refractivity contribution in [2.75, 3.05) is 0 Å². The van der Waals surface area contributed by atoms with E-state index in [-0.39, 0.29) is 10.8 Å². The second kappa shape index (κ2) is 10.9. The van der Waals surface area contributed by atoms with Crippen molar-refractivity contribution in [3.05, 3.63) is 65.5 Å². The van der Waals surface area contributed by atoms with Gasteiger partial charge in [-0.15, -0.1) is 0 Å². The minimum absolute atomic E-state index is 0.245. The normalized spacial score (nSPS) is 36.6. The predicted octanol–water partition coefficient (Wildman–Crippen LogP) is 6.35. The summed E-state index contributed by atoms with van der Waals surface area (Å²) in [5.41, 5.74) is 4.14. The van der Waals surface area contributed by atoms with Crippen LogP contribution in [0.4, 0.5) is 0 Å². The van der Waals surface area contributed by atoms with Crippen molar-refractivity contribution >= 4 is 0 Å². The van der Waals surface area contributed by atoms with Crippen molar-refractivity contribution in [3.63, 3.8) is 0 Å². The van der Waals surface area contributed by atoms with E-state index in [9.17, 15) is 15.3 Å². The molecule has 4 aliphatic rings. The largest absolute Gasteiger partial charge is 0.448 e. The molecule has 1 aromatic heterocycles. The molecule has 4 aliphatic carbocycles. The van der Waals surface area contributed by atoms with Crippen LogP contribution in [0.15, 0.2) is 58.3 Å². The maximum Gasteiger partial charge on any atom is 0.203 e. The Morgan fingerprint density at radius 3 is 2.71 bits per heavy atom. The molecule has 0 spiro atoms. The fraction of sp³-hybridized carbons (Fsp3) is 0.667. The smallest absolute Gasteiger partial charge is 0.203 e. The van der Waals surface area contributed by atoms with Gasteiger partial charge in [-0.1, -0.05) is 63.6 Å². The quantitative estimate of drug-likeness (QED) is 0.347. The fourth-order valence-corrected chi connectivity index (χ4v) is 7.88. The molecular weight excluding hydrogens is 474 g/mol. The highest BCUT2D eigenvalue weighted by Gasteiger charge is 2.54. The Labute approximate surface area is 228 Å². The third-order valence-electron chi connectivity index (χ3n) is 10.4. The van der Waals surface area contributed by atoms with Crippen LogP contribution in [-0.4, -0.2) is 38.6 Å². The minimum atomic E-state index is -0.643. The van der Waals surface area contributed by atoms with Crippen LogP contribution < -0.4 is 0 Å². The summed E-state index contributed by atoms with van der Waals surface area (Å²) in [6.45, 7) is 11.0. The SMILES string of the molecule is C=C1/C(=C\C=C2/CCC[C@]3(C)[C@@H]([C@H](C)/C=C/[C@@H](O)C4(c5nc(CCC)co5)CC4)CC[C@@H]23)C[C@@H](O)C[C@@H]1O. The van der Waals surface area contributed by atoms with E-state index in [1.165, 1.54) is 31.3 Å². The molecule has 38 heavy (non-hydrogen) atoms. The first kappa shape index (κ1) is 27.6. The molecule has 0 unspecified atom stereocenters. The molecule has 0 radical (unpaired) electrons. The van der Waals surface area contributed by atoms with Gasteiger partial charge in [-0.05, 0) is 92.1 Å². The van der Waals surface area contributed by atoms with Gasteiger partial charge >= 0.3 is 0 Å². The molecule has 5 heteroatoms. The van der Waals surface area contributed by atoms with Crippen LogP contribution in [0.1, 0.15) is 96.6 Å². The van der Waals surface area contributed by atoms with E-state index in [1.807, 2.05) is 6.08 Å². The van der Waals surface area contributed by atoms with Crippen molar-refractivity contribution < 1.29 is 19.7 Å². The van der Waals surface area contributed by atoms with E-state index in [1.54, 1.807) is 6.26 Å². The summed E-state index contributed by atoms with van der Waals surface area (Å²) in [4.78, 5) is 4.69. The van der Waals surface area contributed by atoms with Gasteiger partial charge in [0.25, 0.3) is 0 Å². The Balaban J connectivity index is 1.27. The predicted molar refractivity (Wildman–Crippen MR) is 150 cm³/mol. The number of oxazole rings is 1. The molecule has 0 aromatic carbocycles. The number of aliphatic hydroxyl groups excluding tert-OH is 3. The van der Waals surface area contributed by atoms with E-state index in [0.717, 1.165) is 48.9 Å². The summed E-state index contributed by atoms with van der Waals surface area (Å²) in [6, 6.07) is 0. The Kier molecular flexibility index (Phi) is 7.92. The van der Waals surface area contributed by atoms with Crippen molar-refractivity contribution in [1.82, 2.24) is 4.98 Å². The summed E-state index contributed by atoms with van der Waals surface area (Å²) >= 11 is 0. The maximum atomic E-state index is 11.2. The van der Waals surface area contributed by atoms with Crippen LogP contribution in [0.5, 0.6) is 0 Å². The summed E-state index contributed by atoms with van der Waals surface area (Å²) in [5, 5.41) is 31.5. The molecule has 4 saturated carbocycles. The Morgan fingerprint density at radius 2 is 1.97 bits per heavy atom. The second-order valence-corrected chi connectivity index (χ2v) is 12.9. The zero-order valence-electron chi connectivity index (χ0n) is 23.5. The van der Waals surface area contributed by atoms with Gasteiger partial charge in [-0.3, -0.25) is 0 Å². The van der Waals surface area contributed by atoms with E-state index < -0.39 is 18.3 Å². The average Bonchev–Trinajstić information content (AvgIpc) is 3.42. The molecule has 5 nitrogen and oxygen atoms in total. The van der Waals surface area contributed by atoms with Gasteiger partial charge in [0.1, 0.15) is 6.26 Å². The Hall–Kier alpha value is -1.95. The molecule has 5 rings (SSSR count). The molecule has 3 N–H and O–H groups in total. The van der Waals surface area contributed by atoms with Crippen LogP contribution in [0.3, 0.4) is 0 Å². The first-order valence-electron chi connectivity index (χ1n) is 14.9. The number of nitrogens with zero attached hydrogens (tertiary/aromatic N) is 1. The lowest BCUT2D eigenvalue weighted by molar-refractivity contribution is 0.0862. The number of allylic oxidation sites excluding steroid dienone is 4. The molecule has 0 bridgehead atoms. The summed E-state index contributed by atoms with van der Waals surface area (Å²) in [7, 11) is 0. The standard InChI is InChI=1S/C33H47NO4/c1-5-7-25-20-38-31(34-25)33(16-17-33)30(37)14-9-21(2)27-12-13-28-23(8-6-15-32(27,28)4)10-11-24-18-26(35)19-29(36)22(24)3/h9-11,14,20-21,26-30,35-37H,3,5-8,12-13,15-19H2,1-2,4H3/b14-9+,23-10+,24-11-/t21-,26-,27-,28+,29+,30-,32-/m1/s1. The van der Waals surface area contributed by atoms with Crippen LogP contribution >= 0.6 is 0 Å². The number of aromatic nitrogens is 1. The molecule has 0 amide bonds. The Morgan fingerprint density at radius 1 is 1.18 bits per heavy atom. The van der Waals surface area contributed by atoms with Gasteiger partial charge in [0.05, 0.1) is 29.4 Å².